The number of rotatable bonds is 3. The minimum absolute atomic E-state index is 0.834. The van der Waals surface area contributed by atoms with Crippen LogP contribution >= 0.6 is 0 Å². The molecule has 0 fully saturated rings. The molecule has 19 heavy (non-hydrogen) atoms. The molecule has 5 heteroatoms. The molecule has 0 saturated heterocycles. The van der Waals surface area contributed by atoms with E-state index in [-0.39, 0.29) is 0 Å². The Morgan fingerprint density at radius 1 is 1.11 bits per heavy atom. The molecule has 3 aromatic rings. The maximum atomic E-state index is 4.38. The first-order chi connectivity index (χ1) is 9.38. The van der Waals surface area contributed by atoms with Gasteiger partial charge in [-0.1, -0.05) is 23.4 Å². The molecule has 0 radical (unpaired) electrons. The summed E-state index contributed by atoms with van der Waals surface area (Å²) in [5, 5.41) is 11.2. The SMILES string of the molecule is CNc1ccnc(-c2cnnn2-c2ccccc2)c1. The Kier molecular flexibility index (Phi) is 2.94. The first-order valence-corrected chi connectivity index (χ1v) is 5.99. The second-order valence-electron chi connectivity index (χ2n) is 4.05. The summed E-state index contributed by atoms with van der Waals surface area (Å²) in [5.41, 5.74) is 3.67. The van der Waals surface area contributed by atoms with Crippen molar-refractivity contribution in [3.8, 4) is 17.1 Å². The van der Waals surface area contributed by atoms with Crippen LogP contribution in [0.2, 0.25) is 0 Å². The van der Waals surface area contributed by atoms with Gasteiger partial charge >= 0.3 is 0 Å². The van der Waals surface area contributed by atoms with Crippen molar-refractivity contribution in [3.05, 3.63) is 54.9 Å². The van der Waals surface area contributed by atoms with Crippen LogP contribution in [0.25, 0.3) is 17.1 Å². The molecule has 0 aliphatic carbocycles. The average Bonchev–Trinajstić information content (AvgIpc) is 2.98. The molecule has 2 aromatic heterocycles. The number of nitrogens with one attached hydrogen (secondary N) is 1. The normalized spacial score (nSPS) is 10.4. The topological polar surface area (TPSA) is 55.6 Å². The van der Waals surface area contributed by atoms with Crippen LogP contribution in [0.5, 0.6) is 0 Å². The van der Waals surface area contributed by atoms with E-state index in [1.54, 1.807) is 17.1 Å². The minimum atomic E-state index is 0.834. The zero-order valence-electron chi connectivity index (χ0n) is 10.5. The predicted molar refractivity (Wildman–Crippen MR) is 74.1 cm³/mol. The monoisotopic (exact) mass is 251 g/mol. The number of para-hydroxylation sites is 1. The highest BCUT2D eigenvalue weighted by Crippen LogP contribution is 2.21. The Balaban J connectivity index is 2.09. The van der Waals surface area contributed by atoms with E-state index in [9.17, 15) is 0 Å². The maximum absolute atomic E-state index is 4.38. The van der Waals surface area contributed by atoms with E-state index in [1.807, 2.05) is 49.5 Å². The number of aromatic nitrogens is 4. The fraction of sp³-hybridized carbons (Fsp3) is 0.0714. The van der Waals surface area contributed by atoms with Crippen LogP contribution in [-0.2, 0) is 0 Å². The van der Waals surface area contributed by atoms with Crippen molar-refractivity contribution >= 4 is 5.69 Å². The quantitative estimate of drug-likeness (QED) is 0.776. The summed E-state index contributed by atoms with van der Waals surface area (Å²) in [6.45, 7) is 0. The number of hydrogen-bond acceptors (Lipinski definition) is 4. The molecule has 0 atom stereocenters. The largest absolute Gasteiger partial charge is 0.388 e. The van der Waals surface area contributed by atoms with E-state index in [0.717, 1.165) is 22.8 Å². The number of anilines is 1. The van der Waals surface area contributed by atoms with Gasteiger partial charge in [0.1, 0.15) is 5.69 Å². The van der Waals surface area contributed by atoms with Crippen molar-refractivity contribution in [2.24, 2.45) is 0 Å². The van der Waals surface area contributed by atoms with Crippen LogP contribution in [0.4, 0.5) is 5.69 Å². The summed E-state index contributed by atoms with van der Waals surface area (Å²) in [5.74, 6) is 0. The van der Waals surface area contributed by atoms with Crippen LogP contribution in [0.3, 0.4) is 0 Å². The molecule has 0 aliphatic rings. The summed E-state index contributed by atoms with van der Waals surface area (Å²) in [6.07, 6.45) is 3.48. The smallest absolute Gasteiger partial charge is 0.113 e. The lowest BCUT2D eigenvalue weighted by Gasteiger charge is -2.06. The third kappa shape index (κ3) is 2.18. The van der Waals surface area contributed by atoms with Gasteiger partial charge in [0.25, 0.3) is 0 Å². The summed E-state index contributed by atoms with van der Waals surface area (Å²) in [4.78, 5) is 4.38. The number of nitrogens with zero attached hydrogens (tertiary/aromatic N) is 4. The Hall–Kier alpha value is -2.69. The molecular formula is C14H13N5. The fourth-order valence-electron chi connectivity index (χ4n) is 1.90. The van der Waals surface area contributed by atoms with E-state index >= 15 is 0 Å². The Bertz CT molecular complexity index is 675. The van der Waals surface area contributed by atoms with Gasteiger partial charge in [0.15, 0.2) is 0 Å². The molecule has 5 nitrogen and oxygen atoms in total. The molecule has 2 heterocycles. The molecule has 0 saturated carbocycles. The lowest BCUT2D eigenvalue weighted by atomic mass is 10.2. The van der Waals surface area contributed by atoms with Gasteiger partial charge < -0.3 is 5.32 Å². The number of pyridine rings is 1. The molecule has 0 bridgehead atoms. The third-order valence-corrected chi connectivity index (χ3v) is 2.86. The second-order valence-corrected chi connectivity index (χ2v) is 4.05. The molecule has 1 N–H and O–H groups in total. The molecule has 3 rings (SSSR count). The van der Waals surface area contributed by atoms with Crippen molar-refractivity contribution in [2.45, 2.75) is 0 Å². The van der Waals surface area contributed by atoms with Gasteiger partial charge in [-0.3, -0.25) is 4.98 Å². The Morgan fingerprint density at radius 2 is 1.95 bits per heavy atom. The highest BCUT2D eigenvalue weighted by atomic mass is 15.4. The van der Waals surface area contributed by atoms with Gasteiger partial charge in [-0.25, -0.2) is 4.68 Å². The molecule has 0 unspecified atom stereocenters. The van der Waals surface area contributed by atoms with E-state index < -0.39 is 0 Å². The van der Waals surface area contributed by atoms with Crippen molar-refractivity contribution in [1.29, 1.82) is 0 Å². The van der Waals surface area contributed by atoms with E-state index in [2.05, 4.69) is 20.6 Å². The standard InChI is InChI=1S/C14H13N5/c1-15-11-7-8-16-13(9-11)14-10-17-18-19(14)12-5-3-2-4-6-12/h2-10H,1H3,(H,15,16). The van der Waals surface area contributed by atoms with Gasteiger partial charge in [-0.05, 0) is 24.3 Å². The van der Waals surface area contributed by atoms with Gasteiger partial charge in [0, 0.05) is 18.9 Å². The van der Waals surface area contributed by atoms with Crippen molar-refractivity contribution in [3.63, 3.8) is 0 Å². The molecule has 0 spiro atoms. The van der Waals surface area contributed by atoms with Crippen LogP contribution < -0.4 is 5.32 Å². The van der Waals surface area contributed by atoms with Crippen LogP contribution in [-0.4, -0.2) is 27.0 Å². The summed E-state index contributed by atoms with van der Waals surface area (Å²) in [7, 11) is 1.88. The third-order valence-electron chi connectivity index (χ3n) is 2.86. The summed E-state index contributed by atoms with van der Waals surface area (Å²) < 4.78 is 1.78. The van der Waals surface area contributed by atoms with Gasteiger partial charge in [0.05, 0.1) is 17.6 Å². The lowest BCUT2D eigenvalue weighted by Crippen LogP contribution is -2.00. The Labute approximate surface area is 110 Å². The number of benzene rings is 1. The van der Waals surface area contributed by atoms with E-state index in [0.29, 0.717) is 0 Å². The minimum Gasteiger partial charge on any atom is -0.388 e. The van der Waals surface area contributed by atoms with Crippen LogP contribution in [0.1, 0.15) is 0 Å². The first-order valence-electron chi connectivity index (χ1n) is 5.99. The molecular weight excluding hydrogens is 238 g/mol. The van der Waals surface area contributed by atoms with Crippen molar-refractivity contribution in [2.75, 3.05) is 12.4 Å². The zero-order valence-corrected chi connectivity index (χ0v) is 10.5. The molecule has 0 aliphatic heterocycles. The van der Waals surface area contributed by atoms with Crippen molar-refractivity contribution < 1.29 is 0 Å². The molecule has 0 amide bonds. The highest BCUT2D eigenvalue weighted by molar-refractivity contribution is 5.61. The average molecular weight is 251 g/mol. The predicted octanol–water partition coefficient (Wildman–Crippen LogP) is 2.37. The fourth-order valence-corrected chi connectivity index (χ4v) is 1.90. The van der Waals surface area contributed by atoms with Gasteiger partial charge in [-0.2, -0.15) is 0 Å². The highest BCUT2D eigenvalue weighted by Gasteiger charge is 2.09. The van der Waals surface area contributed by atoms with Crippen LogP contribution in [0.15, 0.2) is 54.9 Å². The van der Waals surface area contributed by atoms with Crippen LogP contribution in [0, 0.1) is 0 Å². The molecule has 94 valence electrons. The van der Waals surface area contributed by atoms with E-state index in [4.69, 9.17) is 0 Å². The first kappa shape index (κ1) is 11.4. The van der Waals surface area contributed by atoms with Gasteiger partial charge in [-0.15, -0.1) is 5.10 Å². The van der Waals surface area contributed by atoms with Gasteiger partial charge in [0.2, 0.25) is 0 Å². The van der Waals surface area contributed by atoms with E-state index in [1.165, 1.54) is 0 Å². The van der Waals surface area contributed by atoms with Crippen molar-refractivity contribution in [1.82, 2.24) is 20.0 Å². The lowest BCUT2D eigenvalue weighted by molar-refractivity contribution is 0.806. The number of hydrogen-bond donors (Lipinski definition) is 1. The Morgan fingerprint density at radius 3 is 2.74 bits per heavy atom. The summed E-state index contributed by atoms with van der Waals surface area (Å²) >= 11 is 0. The maximum Gasteiger partial charge on any atom is 0.113 e. The second kappa shape index (κ2) is 4.89. The molecule has 1 aromatic carbocycles. The summed E-state index contributed by atoms with van der Waals surface area (Å²) in [6, 6.07) is 13.8. The zero-order chi connectivity index (χ0) is 13.1.